The Balaban J connectivity index is 2.16. The van der Waals surface area contributed by atoms with Gasteiger partial charge in [0, 0.05) is 12.2 Å². The number of hydrogen-bond acceptors (Lipinski definition) is 6. The van der Waals surface area contributed by atoms with Crippen LogP contribution in [0.2, 0.25) is 0 Å². The molecule has 5 N–H and O–H groups in total. The highest BCUT2D eigenvalue weighted by molar-refractivity contribution is 7.80. The van der Waals surface area contributed by atoms with Gasteiger partial charge in [0.15, 0.2) is 0 Å². The maximum Gasteiger partial charge on any atom is 0.327 e. The van der Waals surface area contributed by atoms with E-state index in [1.54, 1.807) is 0 Å². The summed E-state index contributed by atoms with van der Waals surface area (Å²) in [5, 5.41) is 20.4. The largest absolute Gasteiger partial charge is 0.480 e. The minimum Gasteiger partial charge on any atom is -0.480 e. The smallest absolute Gasteiger partial charge is 0.327 e. The van der Waals surface area contributed by atoms with Gasteiger partial charge in [-0.2, -0.15) is 12.6 Å². The van der Waals surface area contributed by atoms with Crippen molar-refractivity contribution in [1.29, 1.82) is 0 Å². The molecule has 0 spiro atoms. The third kappa shape index (κ3) is 8.70. The molecular formula is C23H34N4O5S. The highest BCUT2D eigenvalue weighted by atomic mass is 32.1. The molecule has 0 aliphatic carbocycles. The molecule has 2 rings (SSSR count). The Hall–Kier alpha value is -2.59. The topological polar surface area (TPSA) is 137 Å². The van der Waals surface area contributed by atoms with E-state index >= 15 is 0 Å². The van der Waals surface area contributed by atoms with Gasteiger partial charge in [-0.15, -0.1) is 0 Å². The van der Waals surface area contributed by atoms with E-state index < -0.39 is 35.9 Å². The number of carboxylic acids is 1. The number of benzene rings is 1. The molecule has 0 saturated carbocycles. The Morgan fingerprint density at radius 2 is 1.67 bits per heavy atom. The molecule has 0 aromatic heterocycles. The average Bonchev–Trinajstić information content (AvgIpc) is 3.31. The lowest BCUT2D eigenvalue weighted by Crippen LogP contribution is -2.58. The van der Waals surface area contributed by atoms with Crippen LogP contribution < -0.4 is 21.3 Å². The zero-order valence-electron chi connectivity index (χ0n) is 19.0. The lowest BCUT2D eigenvalue weighted by atomic mass is 10.0. The molecule has 1 aromatic carbocycles. The molecule has 1 heterocycles. The van der Waals surface area contributed by atoms with Gasteiger partial charge < -0.3 is 26.4 Å². The number of aliphatic carboxylic acids is 1. The number of amides is 3. The molecule has 0 radical (unpaired) electrons. The molecule has 4 unspecified atom stereocenters. The number of carbonyl (C=O) groups excluding carboxylic acids is 3. The first-order valence-electron chi connectivity index (χ1n) is 11.2. The third-order valence-corrected chi connectivity index (χ3v) is 5.79. The molecule has 1 aliphatic heterocycles. The van der Waals surface area contributed by atoms with Crippen LogP contribution in [0.15, 0.2) is 30.3 Å². The molecule has 9 nitrogen and oxygen atoms in total. The van der Waals surface area contributed by atoms with Gasteiger partial charge in [0.1, 0.15) is 18.1 Å². The maximum atomic E-state index is 13.2. The van der Waals surface area contributed by atoms with E-state index in [9.17, 15) is 24.3 Å². The lowest BCUT2D eigenvalue weighted by molar-refractivity contribution is -0.141. The van der Waals surface area contributed by atoms with Crippen LogP contribution in [0.3, 0.4) is 0 Å². The van der Waals surface area contributed by atoms with E-state index in [-0.39, 0.29) is 30.0 Å². The Bertz CT molecular complexity index is 814. The van der Waals surface area contributed by atoms with Crippen molar-refractivity contribution < 1.29 is 24.3 Å². The van der Waals surface area contributed by atoms with Gasteiger partial charge in [-0.3, -0.25) is 14.4 Å². The van der Waals surface area contributed by atoms with E-state index in [4.69, 9.17) is 0 Å². The predicted molar refractivity (Wildman–Crippen MR) is 128 cm³/mol. The second-order valence-corrected chi connectivity index (χ2v) is 9.04. The highest BCUT2D eigenvalue weighted by Crippen LogP contribution is 2.10. The minimum absolute atomic E-state index is 0.0898. The number of carboxylic acid groups (broad SMARTS) is 1. The van der Waals surface area contributed by atoms with Crippen LogP contribution in [-0.2, 0) is 25.6 Å². The number of nitrogens with one attached hydrogen (secondary N) is 4. The number of hydrogen-bond donors (Lipinski definition) is 6. The molecular weight excluding hydrogens is 444 g/mol. The second-order valence-electron chi connectivity index (χ2n) is 8.67. The summed E-state index contributed by atoms with van der Waals surface area (Å²) in [5.74, 6) is -2.52. The fourth-order valence-electron chi connectivity index (χ4n) is 3.67. The summed E-state index contributed by atoms with van der Waals surface area (Å²) in [4.78, 5) is 50.0. The van der Waals surface area contributed by atoms with Crippen molar-refractivity contribution in [3.63, 3.8) is 0 Å². The van der Waals surface area contributed by atoms with E-state index in [1.807, 2.05) is 44.2 Å². The van der Waals surface area contributed by atoms with Gasteiger partial charge >= 0.3 is 5.97 Å². The van der Waals surface area contributed by atoms with Crippen LogP contribution in [0, 0.1) is 5.92 Å². The molecule has 10 heteroatoms. The summed E-state index contributed by atoms with van der Waals surface area (Å²) in [6, 6.07) is 5.76. The molecule has 1 aromatic rings. The van der Waals surface area contributed by atoms with Crippen LogP contribution in [0.1, 0.15) is 38.7 Å². The third-order valence-electron chi connectivity index (χ3n) is 5.43. The Morgan fingerprint density at radius 3 is 2.21 bits per heavy atom. The normalized spacial score (nSPS) is 18.2. The van der Waals surface area contributed by atoms with E-state index in [1.165, 1.54) is 0 Å². The molecule has 1 aliphatic rings. The van der Waals surface area contributed by atoms with E-state index in [2.05, 4.69) is 33.9 Å². The first-order chi connectivity index (χ1) is 15.7. The SMILES string of the molecule is CC(C)CC(NC(=O)C1CCCN1)C(=O)NC(Cc1ccccc1)C(=O)NC(CS)C(=O)O. The lowest BCUT2D eigenvalue weighted by Gasteiger charge is -2.26. The molecule has 0 bridgehead atoms. The quantitative estimate of drug-likeness (QED) is 0.242. The zero-order chi connectivity index (χ0) is 24.4. The van der Waals surface area contributed by atoms with Crippen molar-refractivity contribution >= 4 is 36.3 Å². The first kappa shape index (κ1) is 26.7. The highest BCUT2D eigenvalue weighted by Gasteiger charge is 2.31. The van der Waals surface area contributed by atoms with Gasteiger partial charge in [0.2, 0.25) is 17.7 Å². The van der Waals surface area contributed by atoms with Crippen molar-refractivity contribution in [2.45, 2.75) is 63.7 Å². The maximum absolute atomic E-state index is 13.2. The molecule has 3 amide bonds. The van der Waals surface area contributed by atoms with Crippen molar-refractivity contribution in [3.8, 4) is 0 Å². The summed E-state index contributed by atoms with van der Waals surface area (Å²) < 4.78 is 0. The summed E-state index contributed by atoms with van der Waals surface area (Å²) >= 11 is 3.98. The Morgan fingerprint density at radius 1 is 1.03 bits per heavy atom. The number of carbonyl (C=O) groups is 4. The van der Waals surface area contributed by atoms with Crippen molar-refractivity contribution in [3.05, 3.63) is 35.9 Å². The molecule has 1 saturated heterocycles. The molecule has 1 fully saturated rings. The van der Waals surface area contributed by atoms with Crippen LogP contribution >= 0.6 is 12.6 Å². The fraction of sp³-hybridized carbons (Fsp3) is 0.565. The van der Waals surface area contributed by atoms with Crippen molar-refractivity contribution in [2.24, 2.45) is 5.92 Å². The van der Waals surface area contributed by atoms with Crippen LogP contribution in [0.5, 0.6) is 0 Å². The zero-order valence-corrected chi connectivity index (χ0v) is 19.9. The van der Waals surface area contributed by atoms with Crippen LogP contribution in [-0.4, -0.2) is 65.3 Å². The summed E-state index contributed by atoms with van der Waals surface area (Å²) in [7, 11) is 0. The monoisotopic (exact) mass is 478 g/mol. The average molecular weight is 479 g/mol. The van der Waals surface area contributed by atoms with Gasteiger partial charge in [0.25, 0.3) is 0 Å². The predicted octanol–water partition coefficient (Wildman–Crippen LogP) is 0.496. The van der Waals surface area contributed by atoms with Crippen LogP contribution in [0.25, 0.3) is 0 Å². The summed E-state index contributed by atoms with van der Waals surface area (Å²) in [6.45, 7) is 4.64. The second kappa shape index (κ2) is 13.2. The summed E-state index contributed by atoms with van der Waals surface area (Å²) in [5.41, 5.74) is 0.801. The number of rotatable bonds is 12. The standard InChI is InChI=1S/C23H34N4O5S/c1-14(2)11-17(25-20(28)16-9-6-10-24-16)21(29)26-18(12-15-7-4-3-5-8-15)22(30)27-19(13-33)23(31)32/h3-5,7-8,14,16-19,24,33H,6,9-13H2,1-2H3,(H,25,28)(H,26,29)(H,27,30)(H,31,32). The number of thiol groups is 1. The molecule has 4 atom stereocenters. The Labute approximate surface area is 199 Å². The Kier molecular flexibility index (Phi) is 10.7. The van der Waals surface area contributed by atoms with Crippen molar-refractivity contribution in [1.82, 2.24) is 21.3 Å². The van der Waals surface area contributed by atoms with Gasteiger partial charge in [-0.1, -0.05) is 44.2 Å². The minimum atomic E-state index is -1.21. The van der Waals surface area contributed by atoms with E-state index in [0.29, 0.717) is 12.8 Å². The van der Waals surface area contributed by atoms with Gasteiger partial charge in [-0.05, 0) is 37.3 Å². The summed E-state index contributed by atoms with van der Waals surface area (Å²) in [6.07, 6.45) is 2.18. The van der Waals surface area contributed by atoms with E-state index in [0.717, 1.165) is 18.5 Å². The molecule has 33 heavy (non-hydrogen) atoms. The molecule has 182 valence electrons. The van der Waals surface area contributed by atoms with Gasteiger partial charge in [0.05, 0.1) is 6.04 Å². The van der Waals surface area contributed by atoms with Gasteiger partial charge in [-0.25, -0.2) is 4.79 Å². The fourth-order valence-corrected chi connectivity index (χ4v) is 3.92. The van der Waals surface area contributed by atoms with Crippen LogP contribution in [0.4, 0.5) is 0 Å². The first-order valence-corrected chi connectivity index (χ1v) is 11.9. The van der Waals surface area contributed by atoms with Crippen molar-refractivity contribution in [2.75, 3.05) is 12.3 Å².